The van der Waals surface area contributed by atoms with Crippen LogP contribution in [0.3, 0.4) is 0 Å². The number of halogens is 1. The van der Waals surface area contributed by atoms with Gasteiger partial charge in [0.05, 0.1) is 11.2 Å². The first-order valence-corrected chi connectivity index (χ1v) is 8.78. The number of carbonyl (C=O) groups is 1. The Morgan fingerprint density at radius 2 is 1.96 bits per heavy atom. The molecule has 1 aromatic heterocycles. The zero-order valence-corrected chi connectivity index (χ0v) is 15.4. The largest absolute Gasteiger partial charge is 0.419 e. The van der Waals surface area contributed by atoms with Crippen LogP contribution in [0.5, 0.6) is 0 Å². The van der Waals surface area contributed by atoms with E-state index in [2.05, 4.69) is 5.43 Å². The second-order valence-corrected chi connectivity index (χ2v) is 6.43. The van der Waals surface area contributed by atoms with Crippen LogP contribution in [-0.2, 0) is 11.3 Å². The summed E-state index contributed by atoms with van der Waals surface area (Å²) in [6.07, 6.45) is 0.152. The zero-order chi connectivity index (χ0) is 18.7. The number of rotatable bonds is 6. The van der Waals surface area contributed by atoms with Gasteiger partial charge in [-0.05, 0) is 38.1 Å². The molecule has 2 aromatic carbocycles. The molecule has 0 fully saturated rings. The molecule has 1 N–H and O–H groups in total. The number of carbonyl (C=O) groups excluding carboxylic acids is 1. The molecular weight excluding hydrogens is 354 g/mol. The molecule has 0 saturated heterocycles. The van der Waals surface area contributed by atoms with E-state index in [0.717, 1.165) is 11.3 Å². The monoisotopic (exact) mass is 373 g/mol. The topological polar surface area (TPSA) is 67.5 Å². The summed E-state index contributed by atoms with van der Waals surface area (Å²) in [4.78, 5) is 24.3. The van der Waals surface area contributed by atoms with Crippen molar-refractivity contribution in [3.63, 3.8) is 0 Å². The second-order valence-electron chi connectivity index (χ2n) is 6.00. The van der Waals surface area contributed by atoms with E-state index in [0.29, 0.717) is 22.7 Å². The molecule has 0 radical (unpaired) electrons. The molecule has 1 heterocycles. The molecule has 0 atom stereocenters. The third-order valence-electron chi connectivity index (χ3n) is 4.11. The lowest BCUT2D eigenvalue weighted by Gasteiger charge is -2.24. The molecule has 0 saturated carbocycles. The predicted molar refractivity (Wildman–Crippen MR) is 102 cm³/mol. The van der Waals surface area contributed by atoms with Crippen molar-refractivity contribution in [1.82, 2.24) is 9.99 Å². The quantitative estimate of drug-likeness (QED) is 0.671. The van der Waals surface area contributed by atoms with Gasteiger partial charge >= 0.3 is 5.76 Å². The fourth-order valence-corrected chi connectivity index (χ4v) is 2.88. The van der Waals surface area contributed by atoms with Crippen LogP contribution < -0.4 is 16.2 Å². The molecule has 6 nitrogen and oxygen atoms in total. The van der Waals surface area contributed by atoms with Crippen molar-refractivity contribution >= 4 is 34.3 Å². The lowest BCUT2D eigenvalue weighted by atomic mass is 10.2. The third-order valence-corrected chi connectivity index (χ3v) is 4.35. The van der Waals surface area contributed by atoms with E-state index < -0.39 is 5.76 Å². The average Bonchev–Trinajstić information content (AvgIpc) is 2.93. The van der Waals surface area contributed by atoms with Gasteiger partial charge in [-0.2, -0.15) is 0 Å². The van der Waals surface area contributed by atoms with Gasteiger partial charge in [-0.25, -0.2) is 4.79 Å². The maximum atomic E-state index is 12.3. The number of benzene rings is 2. The molecule has 0 spiro atoms. The number of nitrogens with zero attached hydrogens (tertiary/aromatic N) is 2. The van der Waals surface area contributed by atoms with Crippen LogP contribution in [0.4, 0.5) is 5.69 Å². The summed E-state index contributed by atoms with van der Waals surface area (Å²) in [5.41, 5.74) is 5.97. The van der Waals surface area contributed by atoms with Crippen molar-refractivity contribution in [1.29, 1.82) is 0 Å². The molecule has 7 heteroatoms. The molecule has 0 unspecified atom stereocenters. The number of aryl methyl sites for hydroxylation is 2. The minimum absolute atomic E-state index is 0.152. The minimum atomic E-state index is -0.499. The number of anilines is 1. The molecule has 0 aliphatic carbocycles. The molecule has 136 valence electrons. The van der Waals surface area contributed by atoms with Crippen LogP contribution in [0.25, 0.3) is 11.1 Å². The van der Waals surface area contributed by atoms with Gasteiger partial charge in [0.1, 0.15) is 0 Å². The Balaban J connectivity index is 1.68. The maximum Gasteiger partial charge on any atom is 0.419 e. The van der Waals surface area contributed by atoms with E-state index in [-0.39, 0.29) is 18.9 Å². The zero-order valence-electron chi connectivity index (χ0n) is 14.7. The van der Waals surface area contributed by atoms with Crippen LogP contribution in [0.2, 0.25) is 5.02 Å². The Morgan fingerprint density at radius 3 is 2.65 bits per heavy atom. The van der Waals surface area contributed by atoms with Gasteiger partial charge in [-0.1, -0.05) is 29.3 Å². The summed E-state index contributed by atoms with van der Waals surface area (Å²) in [6.45, 7) is 4.82. The van der Waals surface area contributed by atoms with E-state index in [1.807, 2.05) is 38.1 Å². The Labute approximate surface area is 155 Å². The van der Waals surface area contributed by atoms with Gasteiger partial charge in [0, 0.05) is 30.6 Å². The number of aromatic nitrogens is 1. The highest BCUT2D eigenvalue weighted by Gasteiger charge is 2.13. The van der Waals surface area contributed by atoms with Crippen LogP contribution in [-0.4, -0.2) is 17.0 Å². The van der Waals surface area contributed by atoms with Crippen molar-refractivity contribution in [3.8, 4) is 0 Å². The predicted octanol–water partition coefficient (Wildman–Crippen LogP) is 3.50. The van der Waals surface area contributed by atoms with Gasteiger partial charge < -0.3 is 4.42 Å². The SMILES string of the molecule is CCN(NC(=O)CCn1c(=O)oc2cc(Cl)ccc21)c1ccc(C)cc1. The summed E-state index contributed by atoms with van der Waals surface area (Å²) in [6, 6.07) is 12.9. The number of hydrazine groups is 1. The number of hydrogen-bond donors (Lipinski definition) is 1. The van der Waals surface area contributed by atoms with Gasteiger partial charge in [0.25, 0.3) is 0 Å². The van der Waals surface area contributed by atoms with Crippen LogP contribution in [0, 0.1) is 6.92 Å². The van der Waals surface area contributed by atoms with Gasteiger partial charge in [0.15, 0.2) is 5.58 Å². The lowest BCUT2D eigenvalue weighted by molar-refractivity contribution is -0.121. The molecule has 0 aliphatic rings. The van der Waals surface area contributed by atoms with Gasteiger partial charge in [0.2, 0.25) is 5.91 Å². The lowest BCUT2D eigenvalue weighted by Crippen LogP contribution is -2.42. The summed E-state index contributed by atoms with van der Waals surface area (Å²) >= 11 is 5.91. The fraction of sp³-hybridized carbons (Fsp3) is 0.263. The first kappa shape index (κ1) is 18.1. The number of oxazole rings is 1. The fourth-order valence-electron chi connectivity index (χ4n) is 2.72. The maximum absolute atomic E-state index is 12.3. The second kappa shape index (κ2) is 7.66. The first-order valence-electron chi connectivity index (χ1n) is 8.40. The first-order chi connectivity index (χ1) is 12.5. The molecular formula is C19H20ClN3O3. The highest BCUT2D eigenvalue weighted by Crippen LogP contribution is 2.18. The molecule has 3 aromatic rings. The van der Waals surface area contributed by atoms with E-state index in [4.69, 9.17) is 16.0 Å². The Kier molecular flexibility index (Phi) is 5.32. The molecule has 26 heavy (non-hydrogen) atoms. The average molecular weight is 374 g/mol. The van der Waals surface area contributed by atoms with Crippen molar-refractivity contribution in [3.05, 3.63) is 63.6 Å². The minimum Gasteiger partial charge on any atom is -0.408 e. The van der Waals surface area contributed by atoms with E-state index >= 15 is 0 Å². The van der Waals surface area contributed by atoms with Crippen molar-refractivity contribution in [2.24, 2.45) is 0 Å². The standard InChI is InChI=1S/C19H20ClN3O3/c1-3-23(15-7-4-13(2)5-8-15)21-18(24)10-11-22-16-9-6-14(20)12-17(16)26-19(22)25/h4-9,12H,3,10-11H2,1-2H3,(H,21,24). The van der Waals surface area contributed by atoms with Crippen LogP contribution in [0.15, 0.2) is 51.7 Å². The van der Waals surface area contributed by atoms with Crippen LogP contribution >= 0.6 is 11.6 Å². The molecule has 1 amide bonds. The molecule has 0 bridgehead atoms. The highest BCUT2D eigenvalue weighted by molar-refractivity contribution is 6.31. The van der Waals surface area contributed by atoms with Crippen molar-refractivity contribution in [2.45, 2.75) is 26.8 Å². The normalized spacial score (nSPS) is 10.9. The van der Waals surface area contributed by atoms with E-state index in [1.165, 1.54) is 4.57 Å². The summed E-state index contributed by atoms with van der Waals surface area (Å²) in [5.74, 6) is -0.677. The number of hydrogen-bond acceptors (Lipinski definition) is 4. The Hall–Kier alpha value is -2.73. The van der Waals surface area contributed by atoms with Crippen LogP contribution in [0.1, 0.15) is 18.9 Å². The smallest absolute Gasteiger partial charge is 0.408 e. The van der Waals surface area contributed by atoms with Gasteiger partial charge in [-0.3, -0.25) is 19.8 Å². The summed E-state index contributed by atoms with van der Waals surface area (Å²) in [7, 11) is 0. The summed E-state index contributed by atoms with van der Waals surface area (Å²) in [5, 5.41) is 2.27. The Morgan fingerprint density at radius 1 is 1.23 bits per heavy atom. The molecule has 3 rings (SSSR count). The van der Waals surface area contributed by atoms with E-state index in [1.54, 1.807) is 23.2 Å². The van der Waals surface area contributed by atoms with Crippen molar-refractivity contribution < 1.29 is 9.21 Å². The number of fused-ring (bicyclic) bond motifs is 1. The highest BCUT2D eigenvalue weighted by atomic mass is 35.5. The Bertz CT molecular complexity index is 976. The van der Waals surface area contributed by atoms with Crippen molar-refractivity contribution in [2.75, 3.05) is 11.6 Å². The third kappa shape index (κ3) is 3.91. The number of amides is 1. The molecule has 0 aliphatic heterocycles. The van der Waals surface area contributed by atoms with Gasteiger partial charge in [-0.15, -0.1) is 0 Å². The van der Waals surface area contributed by atoms with E-state index in [9.17, 15) is 9.59 Å². The number of nitrogens with one attached hydrogen (secondary N) is 1. The summed E-state index contributed by atoms with van der Waals surface area (Å²) < 4.78 is 6.61.